The van der Waals surface area contributed by atoms with Gasteiger partial charge >= 0.3 is 0 Å². The van der Waals surface area contributed by atoms with Crippen molar-refractivity contribution in [2.75, 3.05) is 7.11 Å². The predicted molar refractivity (Wildman–Crippen MR) is 121 cm³/mol. The fourth-order valence-corrected chi connectivity index (χ4v) is 3.38. The normalized spacial score (nSPS) is 12.7. The van der Waals surface area contributed by atoms with Crippen LogP contribution in [0.3, 0.4) is 0 Å². The monoisotopic (exact) mass is 450 g/mol. The molecule has 30 heavy (non-hydrogen) atoms. The van der Waals surface area contributed by atoms with Crippen LogP contribution < -0.4 is 10.1 Å². The average Bonchev–Trinajstić information content (AvgIpc) is 2.73. The number of halogens is 2. The van der Waals surface area contributed by atoms with Crippen LogP contribution in [0.15, 0.2) is 42.5 Å². The fourth-order valence-electron chi connectivity index (χ4n) is 2.91. The zero-order valence-corrected chi connectivity index (χ0v) is 19.3. The molecule has 0 aromatic heterocycles. The zero-order chi connectivity index (χ0) is 22.3. The lowest BCUT2D eigenvalue weighted by atomic mass is 10.1. The third kappa shape index (κ3) is 6.64. The van der Waals surface area contributed by atoms with Crippen molar-refractivity contribution in [3.63, 3.8) is 0 Å². The fraction of sp³-hybridized carbons (Fsp3) is 0.391. The number of ether oxygens (including phenoxy) is 1. The maximum atomic E-state index is 13.2. The molecule has 0 heterocycles. The summed E-state index contributed by atoms with van der Waals surface area (Å²) in [6.45, 7) is 5.97. The highest BCUT2D eigenvalue weighted by molar-refractivity contribution is 6.35. The summed E-state index contributed by atoms with van der Waals surface area (Å²) in [4.78, 5) is 27.5. The number of carbonyl (C=O) groups is 2. The van der Waals surface area contributed by atoms with E-state index in [9.17, 15) is 9.59 Å². The molecule has 0 saturated heterocycles. The highest BCUT2D eigenvalue weighted by atomic mass is 35.5. The molecule has 0 aliphatic rings. The molecule has 0 fully saturated rings. The minimum Gasteiger partial charge on any atom is -0.497 e. The van der Waals surface area contributed by atoms with Crippen LogP contribution in [0.4, 0.5) is 0 Å². The molecule has 7 heteroatoms. The van der Waals surface area contributed by atoms with Gasteiger partial charge in [-0.05, 0) is 55.7 Å². The molecule has 1 N–H and O–H groups in total. The maximum Gasteiger partial charge on any atom is 0.242 e. The summed E-state index contributed by atoms with van der Waals surface area (Å²) >= 11 is 12.2. The van der Waals surface area contributed by atoms with Crippen molar-refractivity contribution >= 4 is 35.0 Å². The minimum atomic E-state index is -0.639. The smallest absolute Gasteiger partial charge is 0.242 e. The molecule has 0 aliphatic carbocycles. The Morgan fingerprint density at radius 2 is 1.77 bits per heavy atom. The van der Waals surface area contributed by atoms with Crippen LogP contribution in [-0.4, -0.2) is 35.9 Å². The van der Waals surface area contributed by atoms with Crippen molar-refractivity contribution < 1.29 is 14.3 Å². The minimum absolute atomic E-state index is 0.0311. The van der Waals surface area contributed by atoms with Gasteiger partial charge in [0.05, 0.1) is 13.5 Å². The van der Waals surface area contributed by atoms with Crippen LogP contribution in [0.5, 0.6) is 5.75 Å². The van der Waals surface area contributed by atoms with Crippen LogP contribution in [0, 0.1) is 0 Å². The van der Waals surface area contributed by atoms with Gasteiger partial charge in [0.1, 0.15) is 11.8 Å². The van der Waals surface area contributed by atoms with Crippen molar-refractivity contribution in [1.82, 2.24) is 10.2 Å². The zero-order valence-electron chi connectivity index (χ0n) is 17.7. The summed E-state index contributed by atoms with van der Waals surface area (Å²) in [5.74, 6) is 0.349. The first-order chi connectivity index (χ1) is 14.2. The molecule has 2 unspecified atom stereocenters. The second-order valence-corrected chi connectivity index (χ2v) is 8.12. The summed E-state index contributed by atoms with van der Waals surface area (Å²) in [6.07, 6.45) is 0.887. The van der Waals surface area contributed by atoms with Gasteiger partial charge in [-0.2, -0.15) is 0 Å². The topological polar surface area (TPSA) is 58.6 Å². The van der Waals surface area contributed by atoms with Crippen molar-refractivity contribution in [2.45, 2.75) is 52.2 Å². The Bertz CT molecular complexity index is 871. The van der Waals surface area contributed by atoms with E-state index in [4.69, 9.17) is 27.9 Å². The summed E-state index contributed by atoms with van der Waals surface area (Å²) in [7, 11) is 1.60. The van der Waals surface area contributed by atoms with E-state index in [0.29, 0.717) is 22.2 Å². The van der Waals surface area contributed by atoms with E-state index < -0.39 is 6.04 Å². The van der Waals surface area contributed by atoms with E-state index in [1.807, 2.05) is 38.1 Å². The highest BCUT2D eigenvalue weighted by Crippen LogP contribution is 2.23. The number of rotatable bonds is 9. The van der Waals surface area contributed by atoms with Crippen LogP contribution in [0.1, 0.15) is 38.3 Å². The number of benzene rings is 2. The quantitative estimate of drug-likeness (QED) is 0.592. The Kier molecular flexibility index (Phi) is 9.00. The van der Waals surface area contributed by atoms with Crippen molar-refractivity contribution in [3.05, 3.63) is 63.6 Å². The highest BCUT2D eigenvalue weighted by Gasteiger charge is 2.27. The lowest BCUT2D eigenvalue weighted by molar-refractivity contribution is -0.140. The number of methoxy groups -OCH3 is 1. The first-order valence-electron chi connectivity index (χ1n) is 9.91. The number of nitrogens with one attached hydrogen (secondary N) is 1. The van der Waals surface area contributed by atoms with E-state index in [1.165, 1.54) is 0 Å². The van der Waals surface area contributed by atoms with Gasteiger partial charge in [-0.25, -0.2) is 0 Å². The standard InChI is InChI=1S/C23H28Cl2N2O3/c1-5-15(2)26-23(29)16(3)27(14-17-6-10-20(30-4)11-7-17)22(28)12-18-8-9-19(24)13-21(18)25/h6-11,13,15-16H,5,12,14H2,1-4H3,(H,26,29). The van der Waals surface area contributed by atoms with Gasteiger partial charge in [-0.1, -0.05) is 48.3 Å². The van der Waals surface area contributed by atoms with Crippen LogP contribution in [0.2, 0.25) is 10.0 Å². The van der Waals surface area contributed by atoms with Gasteiger partial charge in [0.25, 0.3) is 0 Å². The molecular formula is C23H28Cl2N2O3. The molecule has 0 radical (unpaired) electrons. The van der Waals surface area contributed by atoms with Gasteiger partial charge in [0.15, 0.2) is 0 Å². The van der Waals surface area contributed by atoms with Crippen LogP contribution in [-0.2, 0) is 22.6 Å². The molecule has 2 amide bonds. The second-order valence-electron chi connectivity index (χ2n) is 7.28. The SMILES string of the molecule is CCC(C)NC(=O)C(C)N(Cc1ccc(OC)cc1)C(=O)Cc1ccc(Cl)cc1Cl. The molecule has 5 nitrogen and oxygen atoms in total. The summed E-state index contributed by atoms with van der Waals surface area (Å²) < 4.78 is 5.20. The third-order valence-electron chi connectivity index (χ3n) is 5.04. The molecule has 2 rings (SSSR count). The Morgan fingerprint density at radius 1 is 1.10 bits per heavy atom. The van der Waals surface area contributed by atoms with Gasteiger partial charge in [0.2, 0.25) is 11.8 Å². The first kappa shape index (κ1) is 24.0. The predicted octanol–water partition coefficient (Wildman–Crippen LogP) is 4.88. The Hall–Kier alpha value is -2.24. The molecule has 0 aliphatic heterocycles. The average molecular weight is 451 g/mol. The molecule has 2 aromatic rings. The van der Waals surface area contributed by atoms with E-state index in [0.717, 1.165) is 17.7 Å². The van der Waals surface area contributed by atoms with Gasteiger partial charge in [-0.3, -0.25) is 9.59 Å². The lowest BCUT2D eigenvalue weighted by Gasteiger charge is -2.30. The van der Waals surface area contributed by atoms with E-state index >= 15 is 0 Å². The van der Waals surface area contributed by atoms with Gasteiger partial charge in [0, 0.05) is 22.6 Å². The van der Waals surface area contributed by atoms with Crippen LogP contribution >= 0.6 is 23.2 Å². The lowest BCUT2D eigenvalue weighted by Crippen LogP contribution is -2.49. The van der Waals surface area contributed by atoms with Crippen LogP contribution in [0.25, 0.3) is 0 Å². The molecule has 2 atom stereocenters. The number of nitrogens with zero attached hydrogens (tertiary/aromatic N) is 1. The molecular weight excluding hydrogens is 423 g/mol. The Labute approximate surface area is 188 Å². The molecule has 0 spiro atoms. The second kappa shape index (κ2) is 11.2. The Balaban J connectivity index is 2.25. The molecule has 2 aromatic carbocycles. The van der Waals surface area contributed by atoms with E-state index in [2.05, 4.69) is 5.32 Å². The number of carbonyl (C=O) groups excluding carboxylic acids is 2. The first-order valence-corrected chi connectivity index (χ1v) is 10.7. The summed E-state index contributed by atoms with van der Waals surface area (Å²) in [5, 5.41) is 3.89. The molecule has 0 bridgehead atoms. The largest absolute Gasteiger partial charge is 0.497 e. The van der Waals surface area contributed by atoms with Gasteiger partial charge in [-0.15, -0.1) is 0 Å². The van der Waals surface area contributed by atoms with Gasteiger partial charge < -0.3 is 15.0 Å². The maximum absolute atomic E-state index is 13.2. The third-order valence-corrected chi connectivity index (χ3v) is 5.62. The van der Waals surface area contributed by atoms with E-state index in [1.54, 1.807) is 37.1 Å². The molecule has 0 saturated carbocycles. The molecule has 162 valence electrons. The number of hydrogen-bond acceptors (Lipinski definition) is 3. The van der Waals surface area contributed by atoms with Crippen molar-refractivity contribution in [3.8, 4) is 5.75 Å². The number of hydrogen-bond donors (Lipinski definition) is 1. The van der Waals surface area contributed by atoms with Crippen molar-refractivity contribution in [2.24, 2.45) is 0 Å². The number of amides is 2. The summed E-state index contributed by atoms with van der Waals surface area (Å²) in [6, 6.07) is 11.9. The van der Waals surface area contributed by atoms with Crippen molar-refractivity contribution in [1.29, 1.82) is 0 Å². The Morgan fingerprint density at radius 3 is 2.33 bits per heavy atom. The van der Waals surface area contributed by atoms with E-state index in [-0.39, 0.29) is 24.3 Å². The summed E-state index contributed by atoms with van der Waals surface area (Å²) in [5.41, 5.74) is 1.56.